The van der Waals surface area contributed by atoms with Crippen molar-refractivity contribution in [3.63, 3.8) is 0 Å². The van der Waals surface area contributed by atoms with Gasteiger partial charge in [-0.3, -0.25) is 14.5 Å². The van der Waals surface area contributed by atoms with Crippen LogP contribution in [0.25, 0.3) is 0 Å². The first kappa shape index (κ1) is 20.1. The van der Waals surface area contributed by atoms with Crippen LogP contribution in [-0.2, 0) is 4.79 Å². The zero-order valence-electron chi connectivity index (χ0n) is 15.8. The average molecular weight is 393 g/mol. The van der Waals surface area contributed by atoms with Gasteiger partial charge in [0.15, 0.2) is 0 Å². The Bertz CT molecular complexity index is 692. The third-order valence-corrected chi connectivity index (χ3v) is 5.94. The molecule has 1 aromatic carbocycles. The van der Waals surface area contributed by atoms with Crippen LogP contribution < -0.4 is 10.6 Å². The number of hydrogen-bond acceptors (Lipinski definition) is 4. The van der Waals surface area contributed by atoms with Crippen molar-refractivity contribution in [2.75, 3.05) is 44.6 Å². The highest BCUT2D eigenvalue weighted by atomic mass is 35.5. The molecule has 2 heterocycles. The minimum Gasteiger partial charge on any atom is -0.337 e. The lowest BCUT2D eigenvalue weighted by Crippen LogP contribution is -2.49. The Balaban J connectivity index is 0.00000210. The predicted octanol–water partition coefficient (Wildman–Crippen LogP) is 1.82. The molecule has 3 fully saturated rings. The van der Waals surface area contributed by atoms with Gasteiger partial charge in [-0.25, -0.2) is 0 Å². The first-order valence-corrected chi connectivity index (χ1v) is 9.77. The van der Waals surface area contributed by atoms with Gasteiger partial charge >= 0.3 is 0 Å². The summed E-state index contributed by atoms with van der Waals surface area (Å²) in [6.07, 6.45) is 2.01. The van der Waals surface area contributed by atoms with Crippen LogP contribution in [0.4, 0.5) is 5.69 Å². The number of rotatable bonds is 4. The summed E-state index contributed by atoms with van der Waals surface area (Å²) in [4.78, 5) is 29.5. The van der Waals surface area contributed by atoms with Gasteiger partial charge in [0.05, 0.1) is 0 Å². The van der Waals surface area contributed by atoms with Crippen molar-refractivity contribution in [3.05, 3.63) is 29.8 Å². The van der Waals surface area contributed by atoms with E-state index in [2.05, 4.69) is 22.5 Å². The van der Waals surface area contributed by atoms with E-state index in [0.717, 1.165) is 57.8 Å². The average Bonchev–Trinajstić information content (AvgIpc) is 3.20. The number of amides is 2. The van der Waals surface area contributed by atoms with Crippen LogP contribution in [0, 0.1) is 11.8 Å². The molecule has 0 bridgehead atoms. The van der Waals surface area contributed by atoms with Crippen LogP contribution in [-0.4, -0.2) is 66.9 Å². The highest BCUT2D eigenvalue weighted by Crippen LogP contribution is 2.38. The Kier molecular flexibility index (Phi) is 6.40. The van der Waals surface area contributed by atoms with Crippen LogP contribution in [0.5, 0.6) is 0 Å². The van der Waals surface area contributed by atoms with E-state index >= 15 is 0 Å². The lowest BCUT2D eigenvalue weighted by molar-refractivity contribution is -0.117. The molecule has 1 aliphatic carbocycles. The highest BCUT2D eigenvalue weighted by molar-refractivity contribution is 5.98. The Morgan fingerprint density at radius 1 is 1.19 bits per heavy atom. The molecule has 3 unspecified atom stereocenters. The molecule has 6 nitrogen and oxygen atoms in total. The summed E-state index contributed by atoms with van der Waals surface area (Å²) in [5.41, 5.74) is 1.38. The maximum absolute atomic E-state index is 12.9. The molecule has 148 valence electrons. The normalized spacial score (nSPS) is 27.7. The Hall–Kier alpha value is -1.63. The van der Waals surface area contributed by atoms with Gasteiger partial charge in [0.25, 0.3) is 5.91 Å². The summed E-state index contributed by atoms with van der Waals surface area (Å²) in [6, 6.07) is 7.83. The largest absolute Gasteiger partial charge is 0.337 e. The summed E-state index contributed by atoms with van der Waals surface area (Å²) in [6.45, 7) is 7.89. The van der Waals surface area contributed by atoms with Crippen molar-refractivity contribution in [2.24, 2.45) is 11.8 Å². The Morgan fingerprint density at radius 2 is 1.93 bits per heavy atom. The third-order valence-electron chi connectivity index (χ3n) is 5.94. The number of anilines is 1. The Morgan fingerprint density at radius 3 is 2.63 bits per heavy atom. The summed E-state index contributed by atoms with van der Waals surface area (Å²) < 4.78 is 0. The first-order valence-electron chi connectivity index (χ1n) is 9.77. The molecule has 3 atom stereocenters. The number of nitrogens with one attached hydrogen (secondary N) is 2. The van der Waals surface area contributed by atoms with Gasteiger partial charge in [-0.05, 0) is 37.0 Å². The van der Waals surface area contributed by atoms with E-state index < -0.39 is 0 Å². The van der Waals surface area contributed by atoms with Crippen molar-refractivity contribution >= 4 is 29.9 Å². The lowest BCUT2D eigenvalue weighted by atomic mass is 10.1. The molecule has 27 heavy (non-hydrogen) atoms. The number of likely N-dealkylation sites (tertiary alicyclic amines) is 1. The zero-order valence-corrected chi connectivity index (χ0v) is 16.6. The van der Waals surface area contributed by atoms with Gasteiger partial charge in [0.2, 0.25) is 5.91 Å². The molecule has 2 N–H and O–H groups in total. The molecular weight excluding hydrogens is 364 g/mol. The number of benzene rings is 1. The van der Waals surface area contributed by atoms with Gasteiger partial charge in [0, 0.05) is 62.5 Å². The van der Waals surface area contributed by atoms with Crippen LogP contribution in [0.2, 0.25) is 0 Å². The summed E-state index contributed by atoms with van der Waals surface area (Å²) in [5, 5.41) is 6.33. The molecule has 2 aliphatic heterocycles. The summed E-state index contributed by atoms with van der Waals surface area (Å²) in [7, 11) is 0. The molecule has 1 aromatic rings. The summed E-state index contributed by atoms with van der Waals surface area (Å²) in [5.74, 6) is 0.750. The van der Waals surface area contributed by atoms with E-state index in [0.29, 0.717) is 17.5 Å². The zero-order chi connectivity index (χ0) is 18.1. The lowest BCUT2D eigenvalue weighted by Gasteiger charge is -2.32. The van der Waals surface area contributed by atoms with Crippen LogP contribution in [0.3, 0.4) is 0 Å². The minimum atomic E-state index is 0. The fourth-order valence-electron chi connectivity index (χ4n) is 4.11. The second-order valence-corrected chi connectivity index (χ2v) is 7.87. The molecule has 0 radical (unpaired) electrons. The van der Waals surface area contributed by atoms with E-state index in [4.69, 9.17) is 0 Å². The first-order chi connectivity index (χ1) is 12.6. The van der Waals surface area contributed by atoms with Crippen LogP contribution >= 0.6 is 12.4 Å². The monoisotopic (exact) mass is 392 g/mol. The van der Waals surface area contributed by atoms with E-state index in [-0.39, 0.29) is 30.1 Å². The fourth-order valence-corrected chi connectivity index (χ4v) is 4.11. The van der Waals surface area contributed by atoms with E-state index in [1.165, 1.54) is 0 Å². The number of nitrogens with zero attached hydrogens (tertiary/aromatic N) is 2. The van der Waals surface area contributed by atoms with Gasteiger partial charge in [0.1, 0.15) is 0 Å². The smallest absolute Gasteiger partial charge is 0.253 e. The summed E-state index contributed by atoms with van der Waals surface area (Å²) >= 11 is 0. The quantitative estimate of drug-likeness (QED) is 0.820. The van der Waals surface area contributed by atoms with Crippen molar-refractivity contribution in [1.82, 2.24) is 15.1 Å². The highest BCUT2D eigenvalue weighted by Gasteiger charge is 2.39. The Labute approximate surface area is 167 Å². The fraction of sp³-hybridized carbons (Fsp3) is 0.600. The van der Waals surface area contributed by atoms with Crippen molar-refractivity contribution in [3.8, 4) is 0 Å². The van der Waals surface area contributed by atoms with Crippen molar-refractivity contribution in [2.45, 2.75) is 25.8 Å². The van der Waals surface area contributed by atoms with Crippen molar-refractivity contribution < 1.29 is 9.59 Å². The predicted molar refractivity (Wildman–Crippen MR) is 108 cm³/mol. The van der Waals surface area contributed by atoms with Crippen LogP contribution in [0.1, 0.15) is 30.1 Å². The molecule has 2 saturated heterocycles. The molecular formula is C20H29ClN4O2. The second-order valence-electron chi connectivity index (χ2n) is 7.87. The van der Waals surface area contributed by atoms with Gasteiger partial charge in [-0.2, -0.15) is 0 Å². The van der Waals surface area contributed by atoms with Gasteiger partial charge in [-0.15, -0.1) is 12.4 Å². The second kappa shape index (κ2) is 8.59. The van der Waals surface area contributed by atoms with E-state index in [1.807, 2.05) is 29.2 Å². The topological polar surface area (TPSA) is 64.7 Å². The molecule has 4 rings (SSSR count). The molecule has 1 saturated carbocycles. The minimum absolute atomic E-state index is 0. The molecule has 0 aromatic heterocycles. The standard InChI is InChI=1S/C20H28N4O2.ClH/c1-14-11-18(14)19(25)22-16-4-2-3-15(12-16)20(26)24-8-5-17(13-24)23-9-6-21-7-10-23;/h2-4,12,14,17-18,21H,5-11,13H2,1H3,(H,22,25);1H. The van der Waals surface area contributed by atoms with Crippen molar-refractivity contribution in [1.29, 1.82) is 0 Å². The SMILES string of the molecule is CC1CC1C(=O)Nc1cccc(C(=O)N2CCC(N3CCNCC3)C2)c1.Cl. The van der Waals surface area contributed by atoms with Crippen LogP contribution in [0.15, 0.2) is 24.3 Å². The third kappa shape index (κ3) is 4.62. The van der Waals surface area contributed by atoms with Gasteiger partial charge in [-0.1, -0.05) is 13.0 Å². The molecule has 3 aliphatic rings. The number of carbonyl (C=O) groups is 2. The molecule has 0 spiro atoms. The van der Waals surface area contributed by atoms with Gasteiger partial charge < -0.3 is 15.5 Å². The number of halogens is 1. The number of carbonyl (C=O) groups excluding carboxylic acids is 2. The molecule has 2 amide bonds. The molecule has 7 heteroatoms. The number of piperazine rings is 1. The van der Waals surface area contributed by atoms with E-state index in [9.17, 15) is 9.59 Å². The van der Waals surface area contributed by atoms with E-state index in [1.54, 1.807) is 0 Å². The maximum Gasteiger partial charge on any atom is 0.253 e. The maximum atomic E-state index is 12.9. The number of hydrogen-bond donors (Lipinski definition) is 2.